The third-order valence-electron chi connectivity index (χ3n) is 3.09. The van der Waals surface area contributed by atoms with Gasteiger partial charge < -0.3 is 15.1 Å². The summed E-state index contributed by atoms with van der Waals surface area (Å²) in [5.41, 5.74) is 5.65. The Morgan fingerprint density at radius 3 is 2.94 bits per heavy atom. The summed E-state index contributed by atoms with van der Waals surface area (Å²) in [5, 5.41) is 0. The van der Waals surface area contributed by atoms with Crippen molar-refractivity contribution in [3.8, 4) is 0 Å². The van der Waals surface area contributed by atoms with E-state index < -0.39 is 0 Å². The molecule has 0 bridgehead atoms. The molecule has 1 saturated heterocycles. The maximum absolute atomic E-state index is 12.1. The van der Waals surface area contributed by atoms with Crippen LogP contribution in [-0.4, -0.2) is 30.4 Å². The zero-order valence-electron chi connectivity index (χ0n) is 10.0. The Hall–Kier alpha value is -1.00. The molecule has 2 rings (SSSR count). The van der Waals surface area contributed by atoms with Crippen LogP contribution in [-0.2, 0) is 0 Å². The molecular formula is C12H19ClN2O2. The summed E-state index contributed by atoms with van der Waals surface area (Å²) < 4.78 is 5.34. The lowest BCUT2D eigenvalue weighted by atomic mass is 9.98. The minimum Gasteiger partial charge on any atom is -0.456 e. The Kier molecular flexibility index (Phi) is 5.02. The van der Waals surface area contributed by atoms with E-state index in [-0.39, 0.29) is 18.3 Å². The molecule has 17 heavy (non-hydrogen) atoms. The van der Waals surface area contributed by atoms with Crippen LogP contribution in [0.25, 0.3) is 0 Å². The smallest absolute Gasteiger partial charge is 0.289 e. The van der Waals surface area contributed by atoms with Gasteiger partial charge in [-0.25, -0.2) is 0 Å². The SMILES string of the molecule is Cc1ccc(C(=O)N2CCCC(CN)C2)o1.Cl. The average molecular weight is 259 g/mol. The van der Waals surface area contributed by atoms with Gasteiger partial charge in [0.2, 0.25) is 0 Å². The van der Waals surface area contributed by atoms with Crippen molar-refractivity contribution in [3.63, 3.8) is 0 Å². The highest BCUT2D eigenvalue weighted by molar-refractivity contribution is 5.91. The Balaban J connectivity index is 0.00000144. The molecule has 0 radical (unpaired) electrons. The number of hydrogen-bond donors (Lipinski definition) is 1. The average Bonchev–Trinajstić information content (AvgIpc) is 2.75. The number of piperidine rings is 1. The molecule has 0 aromatic carbocycles. The molecule has 1 amide bonds. The number of aryl methyl sites for hydroxylation is 1. The molecule has 96 valence electrons. The van der Waals surface area contributed by atoms with Gasteiger partial charge in [0.1, 0.15) is 5.76 Å². The van der Waals surface area contributed by atoms with Crippen LogP contribution in [0.1, 0.15) is 29.2 Å². The Morgan fingerprint density at radius 2 is 2.35 bits per heavy atom. The maximum Gasteiger partial charge on any atom is 0.289 e. The first-order valence-electron chi connectivity index (χ1n) is 5.76. The second-order valence-electron chi connectivity index (χ2n) is 4.41. The molecule has 2 N–H and O–H groups in total. The van der Waals surface area contributed by atoms with Crippen LogP contribution in [0.2, 0.25) is 0 Å². The maximum atomic E-state index is 12.1. The second kappa shape index (κ2) is 6.07. The number of likely N-dealkylation sites (tertiary alicyclic amines) is 1. The summed E-state index contributed by atoms with van der Waals surface area (Å²) in [6, 6.07) is 3.56. The monoisotopic (exact) mass is 258 g/mol. The van der Waals surface area contributed by atoms with Crippen LogP contribution in [0.3, 0.4) is 0 Å². The topological polar surface area (TPSA) is 59.5 Å². The minimum atomic E-state index is -0.00810. The van der Waals surface area contributed by atoms with E-state index in [0.717, 1.165) is 31.7 Å². The molecule has 0 spiro atoms. The van der Waals surface area contributed by atoms with E-state index in [1.165, 1.54) is 0 Å². The molecule has 1 aromatic rings. The highest BCUT2D eigenvalue weighted by Gasteiger charge is 2.25. The van der Waals surface area contributed by atoms with Gasteiger partial charge in [-0.15, -0.1) is 12.4 Å². The molecule has 0 aliphatic carbocycles. The van der Waals surface area contributed by atoms with Gasteiger partial charge in [0.15, 0.2) is 5.76 Å². The molecule has 2 heterocycles. The fraction of sp³-hybridized carbons (Fsp3) is 0.583. The number of carbonyl (C=O) groups excluding carboxylic acids is 1. The van der Waals surface area contributed by atoms with Crippen molar-refractivity contribution in [2.75, 3.05) is 19.6 Å². The molecule has 4 nitrogen and oxygen atoms in total. The van der Waals surface area contributed by atoms with E-state index in [1.807, 2.05) is 17.9 Å². The first-order chi connectivity index (χ1) is 7.70. The van der Waals surface area contributed by atoms with Gasteiger partial charge in [-0.1, -0.05) is 0 Å². The lowest BCUT2D eigenvalue weighted by molar-refractivity contribution is 0.0644. The van der Waals surface area contributed by atoms with Crippen LogP contribution in [0, 0.1) is 12.8 Å². The first-order valence-corrected chi connectivity index (χ1v) is 5.76. The summed E-state index contributed by atoms with van der Waals surface area (Å²) >= 11 is 0. The van der Waals surface area contributed by atoms with E-state index >= 15 is 0 Å². The molecule has 5 heteroatoms. The predicted octanol–water partition coefficient (Wildman–Crippen LogP) is 1.82. The lowest BCUT2D eigenvalue weighted by Crippen LogP contribution is -2.41. The molecule has 1 aliphatic heterocycles. The molecule has 1 fully saturated rings. The number of nitrogens with zero attached hydrogens (tertiary/aromatic N) is 1. The Labute approximate surface area is 108 Å². The highest BCUT2D eigenvalue weighted by Crippen LogP contribution is 2.18. The molecule has 0 saturated carbocycles. The van der Waals surface area contributed by atoms with Gasteiger partial charge in [0.25, 0.3) is 5.91 Å². The number of carbonyl (C=O) groups is 1. The largest absolute Gasteiger partial charge is 0.456 e. The normalized spacial score (nSPS) is 19.9. The van der Waals surface area contributed by atoms with Crippen LogP contribution < -0.4 is 5.73 Å². The summed E-state index contributed by atoms with van der Waals surface area (Å²) in [4.78, 5) is 13.9. The molecule has 1 unspecified atom stereocenters. The van der Waals surface area contributed by atoms with Gasteiger partial charge in [0.05, 0.1) is 0 Å². The molecule has 1 atom stereocenters. The van der Waals surface area contributed by atoms with Gasteiger partial charge in [-0.2, -0.15) is 0 Å². The van der Waals surface area contributed by atoms with Crippen LogP contribution >= 0.6 is 12.4 Å². The van der Waals surface area contributed by atoms with Gasteiger partial charge >= 0.3 is 0 Å². The van der Waals surface area contributed by atoms with Crippen molar-refractivity contribution in [2.45, 2.75) is 19.8 Å². The summed E-state index contributed by atoms with van der Waals surface area (Å²) in [6.07, 6.45) is 2.16. The second-order valence-corrected chi connectivity index (χ2v) is 4.41. The third kappa shape index (κ3) is 3.23. The molecule has 1 aromatic heterocycles. The van der Waals surface area contributed by atoms with Crippen molar-refractivity contribution in [3.05, 3.63) is 23.7 Å². The number of hydrogen-bond acceptors (Lipinski definition) is 3. The van der Waals surface area contributed by atoms with Crippen molar-refractivity contribution in [1.29, 1.82) is 0 Å². The van der Waals surface area contributed by atoms with E-state index in [1.54, 1.807) is 6.07 Å². The fourth-order valence-electron chi connectivity index (χ4n) is 2.15. The minimum absolute atomic E-state index is 0. The van der Waals surface area contributed by atoms with Crippen LogP contribution in [0.4, 0.5) is 0 Å². The van der Waals surface area contributed by atoms with E-state index in [2.05, 4.69) is 0 Å². The molecule has 1 aliphatic rings. The first kappa shape index (κ1) is 14.1. The van der Waals surface area contributed by atoms with Crippen molar-refractivity contribution in [2.24, 2.45) is 11.7 Å². The van der Waals surface area contributed by atoms with E-state index in [4.69, 9.17) is 10.2 Å². The fourth-order valence-corrected chi connectivity index (χ4v) is 2.15. The lowest BCUT2D eigenvalue weighted by Gasteiger charge is -2.31. The van der Waals surface area contributed by atoms with Crippen molar-refractivity contribution < 1.29 is 9.21 Å². The standard InChI is InChI=1S/C12H18N2O2.ClH/c1-9-4-5-11(16-9)12(15)14-6-2-3-10(7-13)8-14;/h4-5,10H,2-3,6-8,13H2,1H3;1H. The highest BCUT2D eigenvalue weighted by atomic mass is 35.5. The van der Waals surface area contributed by atoms with Gasteiger partial charge in [0, 0.05) is 13.1 Å². The van der Waals surface area contributed by atoms with Gasteiger partial charge in [-0.3, -0.25) is 4.79 Å². The Bertz CT molecular complexity index is 378. The van der Waals surface area contributed by atoms with Crippen molar-refractivity contribution in [1.82, 2.24) is 4.90 Å². The zero-order chi connectivity index (χ0) is 11.5. The summed E-state index contributed by atoms with van der Waals surface area (Å²) in [5.74, 6) is 1.64. The van der Waals surface area contributed by atoms with E-state index in [0.29, 0.717) is 18.2 Å². The van der Waals surface area contributed by atoms with Gasteiger partial charge in [-0.05, 0) is 44.4 Å². The Morgan fingerprint density at radius 1 is 1.59 bits per heavy atom. The number of amides is 1. The van der Waals surface area contributed by atoms with Crippen molar-refractivity contribution >= 4 is 18.3 Å². The number of furan rings is 1. The summed E-state index contributed by atoms with van der Waals surface area (Å²) in [7, 11) is 0. The third-order valence-corrected chi connectivity index (χ3v) is 3.09. The summed E-state index contributed by atoms with van der Waals surface area (Å²) in [6.45, 7) is 4.07. The molecular weight excluding hydrogens is 240 g/mol. The van der Waals surface area contributed by atoms with E-state index in [9.17, 15) is 4.79 Å². The van der Waals surface area contributed by atoms with Crippen LogP contribution in [0.5, 0.6) is 0 Å². The quantitative estimate of drug-likeness (QED) is 0.880. The van der Waals surface area contributed by atoms with Crippen LogP contribution in [0.15, 0.2) is 16.5 Å². The number of nitrogens with two attached hydrogens (primary N) is 1. The number of rotatable bonds is 2. The predicted molar refractivity (Wildman–Crippen MR) is 68.4 cm³/mol. The zero-order valence-corrected chi connectivity index (χ0v) is 10.8. The number of halogens is 1.